The van der Waals surface area contributed by atoms with E-state index in [0.29, 0.717) is 35.7 Å². The summed E-state index contributed by atoms with van der Waals surface area (Å²) in [5.74, 6) is -0.896. The standard InChI is InChI=1S/C26H26Cl2FN3O6/c1-36-7-6-23(34)32-10-21(38-20-5-2-15(27)8-19(20)32)24(35)31-26-12-25(13-26,14-26)30-22(33)11-37-16-3-4-17(28)18(29)9-16/h2-5,8-9,21H,6-7,10-14H2,1H3,(H,30,33)(H,31,35). The molecule has 1 atom stereocenters. The van der Waals surface area contributed by atoms with Gasteiger partial charge in [0.25, 0.3) is 11.8 Å². The number of amides is 3. The smallest absolute Gasteiger partial charge is 0.263 e. The van der Waals surface area contributed by atoms with Gasteiger partial charge in [-0.15, -0.1) is 0 Å². The second kappa shape index (κ2) is 10.2. The largest absolute Gasteiger partial charge is 0.484 e. The lowest BCUT2D eigenvalue weighted by atomic mass is 9.44. The summed E-state index contributed by atoms with van der Waals surface area (Å²) in [5.41, 5.74) is -0.324. The van der Waals surface area contributed by atoms with E-state index in [2.05, 4.69) is 10.6 Å². The fourth-order valence-electron chi connectivity index (χ4n) is 5.40. The van der Waals surface area contributed by atoms with Gasteiger partial charge in [-0.2, -0.15) is 0 Å². The van der Waals surface area contributed by atoms with Crippen molar-refractivity contribution in [3.63, 3.8) is 0 Å². The van der Waals surface area contributed by atoms with Gasteiger partial charge in [0.05, 0.1) is 30.3 Å². The Labute approximate surface area is 228 Å². The number of fused-ring (bicyclic) bond motifs is 1. The zero-order valence-corrected chi connectivity index (χ0v) is 22.0. The zero-order valence-electron chi connectivity index (χ0n) is 20.5. The van der Waals surface area contributed by atoms with Crippen molar-refractivity contribution in [3.8, 4) is 11.5 Å². The van der Waals surface area contributed by atoms with Crippen molar-refractivity contribution in [2.75, 3.05) is 31.8 Å². The number of carbonyl (C=O) groups is 3. The van der Waals surface area contributed by atoms with Crippen LogP contribution >= 0.6 is 23.2 Å². The summed E-state index contributed by atoms with van der Waals surface area (Å²) in [7, 11) is 1.51. The zero-order chi connectivity index (χ0) is 27.1. The predicted molar refractivity (Wildman–Crippen MR) is 137 cm³/mol. The van der Waals surface area contributed by atoms with Crippen LogP contribution in [0.2, 0.25) is 10.0 Å². The summed E-state index contributed by atoms with van der Waals surface area (Å²) in [4.78, 5) is 39.9. The number of nitrogens with one attached hydrogen (secondary N) is 2. The normalized spacial score (nSPS) is 24.7. The Morgan fingerprint density at radius 3 is 2.55 bits per heavy atom. The molecule has 2 N–H and O–H groups in total. The highest BCUT2D eigenvalue weighted by atomic mass is 35.5. The van der Waals surface area contributed by atoms with Gasteiger partial charge in [-0.25, -0.2) is 4.39 Å². The lowest BCUT2D eigenvalue weighted by Gasteiger charge is -2.70. The number of carbonyl (C=O) groups excluding carboxylic acids is 3. The molecule has 2 bridgehead atoms. The van der Waals surface area contributed by atoms with E-state index in [-0.39, 0.29) is 54.7 Å². The van der Waals surface area contributed by atoms with Gasteiger partial charge in [0, 0.05) is 29.3 Å². The molecule has 1 aliphatic heterocycles. The lowest BCUT2D eigenvalue weighted by Crippen LogP contribution is -2.84. The highest BCUT2D eigenvalue weighted by molar-refractivity contribution is 6.31. The predicted octanol–water partition coefficient (Wildman–Crippen LogP) is 3.25. The topological polar surface area (TPSA) is 106 Å². The van der Waals surface area contributed by atoms with Gasteiger partial charge in [0.2, 0.25) is 5.91 Å². The number of hydrogen-bond donors (Lipinski definition) is 2. The maximum Gasteiger partial charge on any atom is 0.263 e. The van der Waals surface area contributed by atoms with E-state index in [1.165, 1.54) is 24.1 Å². The molecule has 0 aromatic heterocycles. The maximum atomic E-state index is 13.5. The quantitative estimate of drug-likeness (QED) is 0.483. The molecule has 4 aliphatic rings. The summed E-state index contributed by atoms with van der Waals surface area (Å²) in [6.45, 7) is 0.0261. The van der Waals surface area contributed by atoms with Gasteiger partial charge < -0.3 is 29.7 Å². The first-order valence-corrected chi connectivity index (χ1v) is 12.8. The number of rotatable bonds is 9. The van der Waals surface area contributed by atoms with Crippen LogP contribution in [0.5, 0.6) is 11.5 Å². The number of benzene rings is 2. The first kappa shape index (κ1) is 26.5. The van der Waals surface area contributed by atoms with E-state index in [0.717, 1.165) is 6.07 Å². The Kier molecular flexibility index (Phi) is 7.15. The molecule has 6 rings (SSSR count). The number of ether oxygens (including phenoxy) is 3. The lowest BCUT2D eigenvalue weighted by molar-refractivity contribution is -0.153. The van der Waals surface area contributed by atoms with Crippen LogP contribution in [0.1, 0.15) is 25.7 Å². The molecule has 0 spiro atoms. The Hall–Kier alpha value is -3.08. The van der Waals surface area contributed by atoms with Crippen molar-refractivity contribution in [1.82, 2.24) is 10.6 Å². The second-order valence-electron chi connectivity index (χ2n) is 9.96. The van der Waals surface area contributed by atoms with E-state index in [9.17, 15) is 18.8 Å². The molecule has 3 aliphatic carbocycles. The Balaban J connectivity index is 1.14. The summed E-state index contributed by atoms with van der Waals surface area (Å²) < 4.78 is 29.8. The van der Waals surface area contributed by atoms with Gasteiger partial charge in [0.1, 0.15) is 17.3 Å². The van der Waals surface area contributed by atoms with Gasteiger partial charge in [0.15, 0.2) is 12.7 Å². The Morgan fingerprint density at radius 1 is 1.11 bits per heavy atom. The summed E-state index contributed by atoms with van der Waals surface area (Å²) in [5, 5.41) is 6.42. The van der Waals surface area contributed by atoms with E-state index >= 15 is 0 Å². The fourth-order valence-corrected chi connectivity index (χ4v) is 5.68. The molecule has 1 unspecified atom stereocenters. The van der Waals surface area contributed by atoms with Crippen LogP contribution in [0.3, 0.4) is 0 Å². The molecule has 2 aromatic carbocycles. The Bertz CT molecular complexity index is 1270. The van der Waals surface area contributed by atoms with Gasteiger partial charge in [-0.05, 0) is 49.6 Å². The first-order chi connectivity index (χ1) is 18.1. The van der Waals surface area contributed by atoms with Crippen LogP contribution in [0, 0.1) is 5.82 Å². The molecule has 3 saturated carbocycles. The average molecular weight is 566 g/mol. The average Bonchev–Trinajstić information content (AvgIpc) is 2.85. The summed E-state index contributed by atoms with van der Waals surface area (Å²) >= 11 is 11.8. The van der Waals surface area contributed by atoms with Crippen LogP contribution in [-0.2, 0) is 19.1 Å². The molecule has 0 saturated heterocycles. The fraction of sp³-hybridized carbons (Fsp3) is 0.423. The van der Waals surface area contributed by atoms with Crippen molar-refractivity contribution in [1.29, 1.82) is 0 Å². The number of hydrogen-bond acceptors (Lipinski definition) is 6. The van der Waals surface area contributed by atoms with Crippen LogP contribution in [0.4, 0.5) is 10.1 Å². The minimum atomic E-state index is -0.900. The third-order valence-corrected chi connectivity index (χ3v) is 7.57. The van der Waals surface area contributed by atoms with Gasteiger partial charge in [-0.3, -0.25) is 14.4 Å². The minimum Gasteiger partial charge on any atom is -0.484 e. The van der Waals surface area contributed by atoms with Crippen molar-refractivity contribution in [3.05, 3.63) is 52.3 Å². The number of anilines is 1. The minimum absolute atomic E-state index is 0.0272. The molecular formula is C26H26Cl2FN3O6. The number of methoxy groups -OCH3 is 1. The van der Waals surface area contributed by atoms with Crippen LogP contribution in [-0.4, -0.2) is 61.8 Å². The van der Waals surface area contributed by atoms with Crippen molar-refractivity contribution < 1.29 is 33.0 Å². The van der Waals surface area contributed by atoms with Crippen LogP contribution < -0.4 is 25.0 Å². The van der Waals surface area contributed by atoms with Crippen molar-refractivity contribution >= 4 is 46.6 Å². The van der Waals surface area contributed by atoms with E-state index in [1.807, 2.05) is 0 Å². The molecule has 38 heavy (non-hydrogen) atoms. The highest BCUT2D eigenvalue weighted by Crippen LogP contribution is 2.60. The van der Waals surface area contributed by atoms with Gasteiger partial charge >= 0.3 is 0 Å². The molecule has 9 nitrogen and oxygen atoms in total. The molecule has 202 valence electrons. The number of halogens is 3. The summed E-state index contributed by atoms with van der Waals surface area (Å²) in [6, 6.07) is 8.87. The summed E-state index contributed by atoms with van der Waals surface area (Å²) in [6.07, 6.45) is 0.968. The van der Waals surface area contributed by atoms with E-state index < -0.39 is 23.0 Å². The second-order valence-corrected chi connectivity index (χ2v) is 10.8. The molecular weight excluding hydrogens is 540 g/mol. The maximum absolute atomic E-state index is 13.5. The third-order valence-electron chi connectivity index (χ3n) is 7.03. The van der Waals surface area contributed by atoms with Gasteiger partial charge in [-0.1, -0.05) is 23.2 Å². The van der Waals surface area contributed by atoms with Crippen LogP contribution in [0.25, 0.3) is 0 Å². The highest BCUT2D eigenvalue weighted by Gasteiger charge is 2.69. The van der Waals surface area contributed by atoms with Crippen molar-refractivity contribution in [2.45, 2.75) is 42.9 Å². The Morgan fingerprint density at radius 2 is 1.84 bits per heavy atom. The molecule has 2 aromatic rings. The molecule has 3 fully saturated rings. The monoisotopic (exact) mass is 565 g/mol. The first-order valence-electron chi connectivity index (χ1n) is 12.1. The van der Waals surface area contributed by atoms with E-state index in [4.69, 9.17) is 37.4 Å². The van der Waals surface area contributed by atoms with Crippen molar-refractivity contribution in [2.24, 2.45) is 0 Å². The SMILES string of the molecule is COCCC(=O)N1CC(C(=O)NC23CC(NC(=O)COc4ccc(Cl)c(F)c4)(C2)C3)Oc2ccc(Cl)cc21. The molecule has 12 heteroatoms. The molecule has 1 heterocycles. The molecule has 0 radical (unpaired) electrons. The van der Waals surface area contributed by atoms with E-state index in [1.54, 1.807) is 18.2 Å². The third kappa shape index (κ3) is 5.25. The molecule has 3 amide bonds. The number of nitrogens with zero attached hydrogens (tertiary/aromatic N) is 1. The van der Waals surface area contributed by atoms with Crippen LogP contribution in [0.15, 0.2) is 36.4 Å².